The molecule has 1 heterocycles. The van der Waals surface area contributed by atoms with Gasteiger partial charge in [0.15, 0.2) is 0 Å². The average Bonchev–Trinajstić information content (AvgIpc) is 3.85. The zero-order valence-electron chi connectivity index (χ0n) is 34.3. The van der Waals surface area contributed by atoms with Gasteiger partial charge in [-0.25, -0.2) is 0 Å². The Hall–Kier alpha value is -7.16. The van der Waals surface area contributed by atoms with Crippen molar-refractivity contribution in [3.8, 4) is 44.5 Å². The van der Waals surface area contributed by atoms with Crippen molar-refractivity contribution >= 4 is 49.8 Å². The monoisotopic (exact) mass is 769 g/mol. The molecule has 2 nitrogen and oxygen atoms in total. The predicted molar refractivity (Wildman–Crippen MR) is 252 cm³/mol. The Labute approximate surface area is 351 Å². The molecule has 9 aromatic carbocycles. The molecule has 60 heavy (non-hydrogen) atoms. The third-order valence-corrected chi connectivity index (χ3v) is 13.6. The molecular formula is C58H43NO. The quantitative estimate of drug-likeness (QED) is 0.173. The minimum absolute atomic E-state index is 0.106. The van der Waals surface area contributed by atoms with Gasteiger partial charge >= 0.3 is 0 Å². The molecule has 0 atom stereocenters. The summed E-state index contributed by atoms with van der Waals surface area (Å²) in [5, 5.41) is 4.64. The summed E-state index contributed by atoms with van der Waals surface area (Å²) in [6.07, 6.45) is 0. The van der Waals surface area contributed by atoms with Gasteiger partial charge in [0.05, 0.1) is 5.69 Å². The van der Waals surface area contributed by atoms with Crippen molar-refractivity contribution in [2.45, 2.75) is 38.5 Å². The van der Waals surface area contributed by atoms with Crippen LogP contribution in [-0.2, 0) is 10.8 Å². The molecule has 2 aliphatic carbocycles. The lowest BCUT2D eigenvalue weighted by Crippen LogP contribution is -2.17. The van der Waals surface area contributed by atoms with Crippen LogP contribution < -0.4 is 4.90 Å². The Kier molecular flexibility index (Phi) is 7.36. The fourth-order valence-electron chi connectivity index (χ4n) is 10.8. The molecule has 0 bridgehead atoms. The molecule has 0 saturated carbocycles. The maximum atomic E-state index is 6.60. The molecule has 286 valence electrons. The molecule has 0 unspecified atom stereocenters. The number of fused-ring (bicyclic) bond motifs is 10. The summed E-state index contributed by atoms with van der Waals surface area (Å²) < 4.78 is 6.60. The topological polar surface area (TPSA) is 16.4 Å². The second-order valence-electron chi connectivity index (χ2n) is 17.7. The summed E-state index contributed by atoms with van der Waals surface area (Å²) in [5.41, 5.74) is 20.5. The van der Waals surface area contributed by atoms with Crippen molar-refractivity contribution < 1.29 is 4.42 Å². The van der Waals surface area contributed by atoms with Crippen LogP contribution >= 0.6 is 0 Å². The molecule has 0 fully saturated rings. The molecule has 0 radical (unpaired) electrons. The number of rotatable bonds is 5. The summed E-state index contributed by atoms with van der Waals surface area (Å²) in [4.78, 5) is 2.46. The number of hydrogen-bond donors (Lipinski definition) is 0. The smallest absolute Gasteiger partial charge is 0.136 e. The highest BCUT2D eigenvalue weighted by Crippen LogP contribution is 2.54. The molecule has 1 aromatic heterocycles. The van der Waals surface area contributed by atoms with Gasteiger partial charge in [0, 0.05) is 38.5 Å². The maximum Gasteiger partial charge on any atom is 0.136 e. The van der Waals surface area contributed by atoms with Crippen LogP contribution in [0.1, 0.15) is 49.9 Å². The summed E-state index contributed by atoms with van der Waals surface area (Å²) in [7, 11) is 0. The Morgan fingerprint density at radius 3 is 1.73 bits per heavy atom. The molecule has 10 aromatic rings. The molecule has 0 aliphatic heterocycles. The third kappa shape index (κ3) is 4.94. The standard InChI is InChI=1S/C58H43NO/c1-57(2)49-23-10-7-17-42(49)44-32-31-40(35-51(44)57)59(39-29-27-36(28-30-39)41-20-13-22-47-43-18-8-11-24-50(43)58(3,4)56(41)47)52-25-12-9-19-45(52)46-21-14-26-53-55(46)48-33-37-15-5-6-16-38(37)34-54(48)60-53/h5-35H,1-4H3. The molecule has 0 spiro atoms. The second kappa shape index (κ2) is 12.7. The summed E-state index contributed by atoms with van der Waals surface area (Å²) in [6.45, 7) is 9.46. The molecular weight excluding hydrogens is 727 g/mol. The highest BCUT2D eigenvalue weighted by atomic mass is 16.3. The number of furan rings is 1. The average molecular weight is 770 g/mol. The van der Waals surface area contributed by atoms with Crippen molar-refractivity contribution in [3.05, 3.63) is 210 Å². The summed E-state index contributed by atoms with van der Waals surface area (Å²) in [6, 6.07) is 69.3. The first kappa shape index (κ1) is 34.8. The fraction of sp³-hybridized carbons (Fsp3) is 0.103. The number of hydrogen-bond acceptors (Lipinski definition) is 2. The van der Waals surface area contributed by atoms with E-state index in [1.165, 1.54) is 66.4 Å². The van der Waals surface area contributed by atoms with Crippen LogP contribution in [0.4, 0.5) is 17.1 Å². The van der Waals surface area contributed by atoms with Crippen LogP contribution in [-0.4, -0.2) is 0 Å². The number of benzene rings is 9. The Morgan fingerprint density at radius 1 is 0.383 bits per heavy atom. The van der Waals surface area contributed by atoms with Gasteiger partial charge in [0.25, 0.3) is 0 Å². The van der Waals surface area contributed by atoms with Gasteiger partial charge in [0.2, 0.25) is 0 Å². The first-order valence-electron chi connectivity index (χ1n) is 21.1. The SMILES string of the molecule is CC1(C)c2ccccc2-c2ccc(N(c3ccc(-c4cccc5c4C(C)(C)c4ccccc4-5)cc3)c3ccccc3-c3cccc4oc5cc6ccccc6cc5c34)cc21. The van der Waals surface area contributed by atoms with Gasteiger partial charge < -0.3 is 9.32 Å². The maximum absolute atomic E-state index is 6.60. The van der Waals surface area contributed by atoms with E-state index in [9.17, 15) is 0 Å². The lowest BCUT2D eigenvalue weighted by molar-refractivity contribution is 0.660. The molecule has 12 rings (SSSR count). The van der Waals surface area contributed by atoms with Crippen molar-refractivity contribution in [1.82, 2.24) is 0 Å². The minimum Gasteiger partial charge on any atom is -0.456 e. The van der Waals surface area contributed by atoms with Crippen LogP contribution in [0.25, 0.3) is 77.2 Å². The van der Waals surface area contributed by atoms with E-state index in [4.69, 9.17) is 4.42 Å². The number of nitrogens with zero attached hydrogens (tertiary/aromatic N) is 1. The lowest BCUT2D eigenvalue weighted by atomic mass is 9.79. The van der Waals surface area contributed by atoms with Crippen molar-refractivity contribution in [3.63, 3.8) is 0 Å². The van der Waals surface area contributed by atoms with Crippen LogP contribution in [0.3, 0.4) is 0 Å². The van der Waals surface area contributed by atoms with E-state index >= 15 is 0 Å². The number of para-hydroxylation sites is 1. The summed E-state index contributed by atoms with van der Waals surface area (Å²) >= 11 is 0. The first-order chi connectivity index (χ1) is 29.3. The van der Waals surface area contributed by atoms with E-state index < -0.39 is 0 Å². The van der Waals surface area contributed by atoms with E-state index in [2.05, 4.69) is 221 Å². The van der Waals surface area contributed by atoms with Crippen LogP contribution in [0.15, 0.2) is 192 Å². The van der Waals surface area contributed by atoms with Crippen LogP contribution in [0.5, 0.6) is 0 Å². The van der Waals surface area contributed by atoms with E-state index in [0.29, 0.717) is 0 Å². The normalized spacial score (nSPS) is 14.3. The first-order valence-corrected chi connectivity index (χ1v) is 21.1. The number of anilines is 3. The zero-order valence-corrected chi connectivity index (χ0v) is 34.3. The van der Waals surface area contributed by atoms with Gasteiger partial charge in [-0.1, -0.05) is 167 Å². The second-order valence-corrected chi connectivity index (χ2v) is 17.7. The molecule has 0 saturated heterocycles. The predicted octanol–water partition coefficient (Wildman–Crippen LogP) is 16.2. The van der Waals surface area contributed by atoms with Gasteiger partial charge in [-0.2, -0.15) is 0 Å². The zero-order chi connectivity index (χ0) is 40.3. The molecule has 0 amide bonds. The third-order valence-electron chi connectivity index (χ3n) is 13.6. The molecule has 2 aliphatic rings. The largest absolute Gasteiger partial charge is 0.456 e. The highest BCUT2D eigenvalue weighted by Gasteiger charge is 2.38. The van der Waals surface area contributed by atoms with Crippen molar-refractivity contribution in [1.29, 1.82) is 0 Å². The van der Waals surface area contributed by atoms with Gasteiger partial charge in [0.1, 0.15) is 11.2 Å². The Bertz CT molecular complexity index is 3380. The van der Waals surface area contributed by atoms with Crippen molar-refractivity contribution in [2.75, 3.05) is 4.90 Å². The van der Waals surface area contributed by atoms with Crippen molar-refractivity contribution in [2.24, 2.45) is 0 Å². The van der Waals surface area contributed by atoms with E-state index in [1.54, 1.807) is 0 Å². The molecule has 0 N–H and O–H groups in total. The van der Waals surface area contributed by atoms with E-state index in [-0.39, 0.29) is 10.8 Å². The fourth-order valence-corrected chi connectivity index (χ4v) is 10.8. The molecule has 2 heteroatoms. The van der Waals surface area contributed by atoms with Gasteiger partial charge in [-0.15, -0.1) is 0 Å². The lowest BCUT2D eigenvalue weighted by Gasteiger charge is -2.30. The highest BCUT2D eigenvalue weighted by molar-refractivity contribution is 6.16. The summed E-state index contributed by atoms with van der Waals surface area (Å²) in [5.74, 6) is 0. The van der Waals surface area contributed by atoms with Crippen LogP contribution in [0, 0.1) is 0 Å². The van der Waals surface area contributed by atoms with E-state index in [1.807, 2.05) is 0 Å². The van der Waals surface area contributed by atoms with Crippen LogP contribution in [0.2, 0.25) is 0 Å². The Morgan fingerprint density at radius 2 is 0.950 bits per heavy atom. The van der Waals surface area contributed by atoms with E-state index in [0.717, 1.165) is 50.1 Å². The Balaban J connectivity index is 1.06. The van der Waals surface area contributed by atoms with Gasteiger partial charge in [-0.3, -0.25) is 0 Å². The minimum atomic E-state index is -0.140. The van der Waals surface area contributed by atoms with Gasteiger partial charge in [-0.05, 0) is 121 Å².